The van der Waals surface area contributed by atoms with E-state index in [0.717, 1.165) is 18.9 Å². The van der Waals surface area contributed by atoms with Gasteiger partial charge in [-0.05, 0) is 43.4 Å². The fourth-order valence-electron chi connectivity index (χ4n) is 3.17. The second-order valence-electron chi connectivity index (χ2n) is 5.67. The van der Waals surface area contributed by atoms with Crippen LogP contribution in [0, 0.1) is 5.92 Å². The van der Waals surface area contributed by atoms with Gasteiger partial charge in [-0.3, -0.25) is 0 Å². The molecule has 0 aliphatic heterocycles. The lowest BCUT2D eigenvalue weighted by molar-refractivity contribution is 0.313. The largest absolute Gasteiger partial charge is 0.472 e. The van der Waals surface area contributed by atoms with Gasteiger partial charge in [-0.25, -0.2) is 0 Å². The predicted octanol–water partition coefficient (Wildman–Crippen LogP) is 4.16. The number of nitrogens with one attached hydrogen (secondary N) is 1. The zero-order chi connectivity index (χ0) is 12.6. The number of hydrogen-bond acceptors (Lipinski definition) is 2. The van der Waals surface area contributed by atoms with Crippen molar-refractivity contribution in [3.05, 3.63) is 24.2 Å². The maximum Gasteiger partial charge on any atom is 0.0935 e. The zero-order valence-corrected chi connectivity index (χ0v) is 11.7. The molecule has 2 nitrogen and oxygen atoms in total. The van der Waals surface area contributed by atoms with Gasteiger partial charge in [0.2, 0.25) is 0 Å². The zero-order valence-electron chi connectivity index (χ0n) is 11.7. The molecular formula is C16H27NO. The summed E-state index contributed by atoms with van der Waals surface area (Å²) in [7, 11) is 0. The summed E-state index contributed by atoms with van der Waals surface area (Å²) >= 11 is 0. The molecule has 0 radical (unpaired) electrons. The van der Waals surface area contributed by atoms with Gasteiger partial charge < -0.3 is 9.73 Å². The van der Waals surface area contributed by atoms with Crippen molar-refractivity contribution >= 4 is 0 Å². The first kappa shape index (κ1) is 13.7. The summed E-state index contributed by atoms with van der Waals surface area (Å²) in [5.74, 6) is 0.990. The maximum atomic E-state index is 5.16. The van der Waals surface area contributed by atoms with Crippen LogP contribution in [0.2, 0.25) is 0 Å². The summed E-state index contributed by atoms with van der Waals surface area (Å²) in [6.07, 6.45) is 14.8. The van der Waals surface area contributed by atoms with Crippen molar-refractivity contribution in [3.63, 3.8) is 0 Å². The van der Waals surface area contributed by atoms with Crippen molar-refractivity contribution in [2.24, 2.45) is 5.92 Å². The Morgan fingerprint density at radius 3 is 2.83 bits per heavy atom. The highest BCUT2D eigenvalue weighted by Crippen LogP contribution is 2.28. The topological polar surface area (TPSA) is 25.2 Å². The van der Waals surface area contributed by atoms with Crippen LogP contribution in [0.15, 0.2) is 23.0 Å². The van der Waals surface area contributed by atoms with E-state index in [1.807, 2.05) is 6.26 Å². The molecule has 0 bridgehead atoms. The standard InChI is InChI=1S/C16H27NO/c1-2-17-16(12-15-10-11-18-13-15)9-8-14-6-4-3-5-7-14/h10-11,13-14,16-17H,2-9,12H2,1H3. The van der Waals surface area contributed by atoms with Crippen LogP contribution in [0.4, 0.5) is 0 Å². The van der Waals surface area contributed by atoms with Crippen molar-refractivity contribution < 1.29 is 4.42 Å². The summed E-state index contributed by atoms with van der Waals surface area (Å²) in [5.41, 5.74) is 1.32. The molecule has 0 saturated heterocycles. The Morgan fingerprint density at radius 1 is 1.33 bits per heavy atom. The highest BCUT2D eigenvalue weighted by atomic mass is 16.3. The maximum absolute atomic E-state index is 5.16. The highest BCUT2D eigenvalue weighted by molar-refractivity contribution is 5.07. The van der Waals surface area contributed by atoms with Crippen LogP contribution in [-0.2, 0) is 6.42 Å². The molecule has 18 heavy (non-hydrogen) atoms. The molecule has 0 aromatic carbocycles. The Bertz CT molecular complexity index is 301. The van der Waals surface area contributed by atoms with E-state index in [4.69, 9.17) is 4.42 Å². The van der Waals surface area contributed by atoms with Gasteiger partial charge in [-0.1, -0.05) is 39.0 Å². The van der Waals surface area contributed by atoms with Crippen LogP contribution in [0.25, 0.3) is 0 Å². The molecule has 2 rings (SSSR count). The van der Waals surface area contributed by atoms with E-state index in [2.05, 4.69) is 18.3 Å². The monoisotopic (exact) mass is 249 g/mol. The summed E-state index contributed by atoms with van der Waals surface area (Å²) in [6, 6.07) is 2.71. The second-order valence-corrected chi connectivity index (χ2v) is 5.67. The van der Waals surface area contributed by atoms with Gasteiger partial charge in [0.25, 0.3) is 0 Å². The molecule has 1 aromatic rings. The average Bonchev–Trinajstić information content (AvgIpc) is 2.90. The van der Waals surface area contributed by atoms with E-state index in [1.165, 1.54) is 50.5 Å². The normalized spacial score (nSPS) is 18.9. The van der Waals surface area contributed by atoms with Crippen LogP contribution >= 0.6 is 0 Å². The summed E-state index contributed by atoms with van der Waals surface area (Å²) < 4.78 is 5.16. The Kier molecular flexibility index (Phi) is 5.79. The quantitative estimate of drug-likeness (QED) is 0.785. The molecule has 1 fully saturated rings. The first-order valence-electron chi connectivity index (χ1n) is 7.63. The number of likely N-dealkylation sites (N-methyl/N-ethyl adjacent to an activating group) is 1. The van der Waals surface area contributed by atoms with Gasteiger partial charge in [0.1, 0.15) is 0 Å². The molecule has 1 atom stereocenters. The SMILES string of the molecule is CCNC(CCC1CCCCC1)Cc1ccoc1. The first-order chi connectivity index (χ1) is 8.88. The molecule has 1 aliphatic rings. The van der Waals surface area contributed by atoms with Crippen molar-refractivity contribution in [1.82, 2.24) is 5.32 Å². The highest BCUT2D eigenvalue weighted by Gasteiger charge is 2.16. The van der Waals surface area contributed by atoms with Gasteiger partial charge >= 0.3 is 0 Å². The van der Waals surface area contributed by atoms with E-state index in [1.54, 1.807) is 6.26 Å². The number of rotatable bonds is 7. The Labute approximate surface area is 111 Å². The smallest absolute Gasteiger partial charge is 0.0935 e. The second kappa shape index (κ2) is 7.63. The van der Waals surface area contributed by atoms with Gasteiger partial charge in [0, 0.05) is 6.04 Å². The van der Waals surface area contributed by atoms with Crippen LogP contribution < -0.4 is 5.32 Å². The third-order valence-electron chi connectivity index (χ3n) is 4.20. The fourth-order valence-corrected chi connectivity index (χ4v) is 3.17. The lowest BCUT2D eigenvalue weighted by Crippen LogP contribution is -2.31. The molecule has 1 N–H and O–H groups in total. The number of hydrogen-bond donors (Lipinski definition) is 1. The van der Waals surface area contributed by atoms with Crippen molar-refractivity contribution in [1.29, 1.82) is 0 Å². The van der Waals surface area contributed by atoms with Gasteiger partial charge in [-0.2, -0.15) is 0 Å². The number of furan rings is 1. The van der Waals surface area contributed by atoms with E-state index in [0.29, 0.717) is 6.04 Å². The molecule has 1 aromatic heterocycles. The lowest BCUT2D eigenvalue weighted by atomic mass is 9.84. The summed E-state index contributed by atoms with van der Waals surface area (Å²) in [6.45, 7) is 3.26. The van der Waals surface area contributed by atoms with Gasteiger partial charge in [-0.15, -0.1) is 0 Å². The van der Waals surface area contributed by atoms with Crippen LogP contribution in [-0.4, -0.2) is 12.6 Å². The molecule has 1 aliphatic carbocycles. The Morgan fingerprint density at radius 2 is 2.17 bits per heavy atom. The van der Waals surface area contributed by atoms with Crippen molar-refractivity contribution in [2.75, 3.05) is 6.54 Å². The minimum Gasteiger partial charge on any atom is -0.472 e. The minimum absolute atomic E-state index is 0.620. The summed E-state index contributed by atoms with van der Waals surface area (Å²) in [5, 5.41) is 3.62. The molecule has 0 amide bonds. The lowest BCUT2D eigenvalue weighted by Gasteiger charge is -2.24. The van der Waals surface area contributed by atoms with Crippen molar-refractivity contribution in [2.45, 2.75) is 64.3 Å². The molecule has 1 saturated carbocycles. The molecule has 0 spiro atoms. The molecule has 2 heteroatoms. The van der Waals surface area contributed by atoms with Gasteiger partial charge in [0.15, 0.2) is 0 Å². The molecule has 102 valence electrons. The molecule has 1 unspecified atom stereocenters. The molecular weight excluding hydrogens is 222 g/mol. The fraction of sp³-hybridized carbons (Fsp3) is 0.750. The third-order valence-corrected chi connectivity index (χ3v) is 4.20. The Hall–Kier alpha value is -0.760. The van der Waals surface area contributed by atoms with E-state index in [-0.39, 0.29) is 0 Å². The predicted molar refractivity (Wildman–Crippen MR) is 75.7 cm³/mol. The average molecular weight is 249 g/mol. The summed E-state index contributed by atoms with van der Waals surface area (Å²) in [4.78, 5) is 0. The molecule has 1 heterocycles. The van der Waals surface area contributed by atoms with E-state index in [9.17, 15) is 0 Å². The third kappa shape index (κ3) is 4.49. The first-order valence-corrected chi connectivity index (χ1v) is 7.63. The van der Waals surface area contributed by atoms with Crippen LogP contribution in [0.1, 0.15) is 57.4 Å². The van der Waals surface area contributed by atoms with E-state index < -0.39 is 0 Å². The van der Waals surface area contributed by atoms with Gasteiger partial charge in [0.05, 0.1) is 12.5 Å². The van der Waals surface area contributed by atoms with Crippen LogP contribution in [0.5, 0.6) is 0 Å². The minimum atomic E-state index is 0.620. The van der Waals surface area contributed by atoms with Crippen LogP contribution in [0.3, 0.4) is 0 Å². The van der Waals surface area contributed by atoms with Crippen molar-refractivity contribution in [3.8, 4) is 0 Å². The van der Waals surface area contributed by atoms with E-state index >= 15 is 0 Å². The Balaban J connectivity index is 1.74.